The summed E-state index contributed by atoms with van der Waals surface area (Å²) < 4.78 is 0. The molecule has 0 aliphatic heterocycles. The first-order valence-electron chi connectivity index (χ1n) is 8.49. The van der Waals surface area contributed by atoms with Gasteiger partial charge in [0.25, 0.3) is 0 Å². The molecule has 26 heavy (non-hydrogen) atoms. The number of amides is 1. The van der Waals surface area contributed by atoms with Crippen LogP contribution in [0.25, 0.3) is 0 Å². The van der Waals surface area contributed by atoms with Crippen LogP contribution in [-0.2, 0) is 9.59 Å². The number of aromatic nitrogens is 2. The van der Waals surface area contributed by atoms with E-state index in [2.05, 4.69) is 15.3 Å². The van der Waals surface area contributed by atoms with Crippen molar-refractivity contribution < 1.29 is 9.59 Å². The number of halogens is 1. The van der Waals surface area contributed by atoms with E-state index >= 15 is 0 Å². The topological polar surface area (TPSA) is 72.0 Å². The third-order valence-electron chi connectivity index (χ3n) is 4.63. The van der Waals surface area contributed by atoms with Gasteiger partial charge in [-0.1, -0.05) is 17.7 Å². The molecule has 0 saturated heterocycles. The summed E-state index contributed by atoms with van der Waals surface area (Å²) in [6.45, 7) is 0. The number of rotatable bonds is 6. The van der Waals surface area contributed by atoms with Crippen molar-refractivity contribution in [2.45, 2.75) is 36.5 Å². The molecule has 1 fully saturated rings. The Morgan fingerprint density at radius 2 is 2.27 bits per heavy atom. The van der Waals surface area contributed by atoms with Crippen molar-refractivity contribution in [2.24, 2.45) is 5.92 Å². The summed E-state index contributed by atoms with van der Waals surface area (Å²) in [6, 6.07) is 5.73. The molecule has 0 radical (unpaired) electrons. The molecule has 1 N–H and O–H groups in total. The third-order valence-corrected chi connectivity index (χ3v) is 5.85. The maximum absolute atomic E-state index is 12.9. The molecule has 1 amide bonds. The molecule has 136 valence electrons. The van der Waals surface area contributed by atoms with Gasteiger partial charge < -0.3 is 5.32 Å². The van der Waals surface area contributed by atoms with Crippen LogP contribution >= 0.6 is 23.4 Å². The zero-order valence-corrected chi connectivity index (χ0v) is 16.0. The zero-order valence-electron chi connectivity index (χ0n) is 14.4. The van der Waals surface area contributed by atoms with E-state index in [-0.39, 0.29) is 23.5 Å². The Bertz CT molecular complexity index is 801. The molecular weight excluding hydrogens is 370 g/mol. The first-order valence-corrected chi connectivity index (χ1v) is 10.1. The summed E-state index contributed by atoms with van der Waals surface area (Å²) >= 11 is 7.91. The molecule has 2 aromatic rings. The summed E-state index contributed by atoms with van der Waals surface area (Å²) in [6.07, 6.45) is 9.17. The second-order valence-electron chi connectivity index (χ2n) is 6.41. The SMILES string of the molecule is CSc1ccc(C(CC2CCC(=O)C2)C(=O)Nc2cnccn2)cc1Cl. The highest BCUT2D eigenvalue weighted by Gasteiger charge is 2.30. The predicted molar refractivity (Wildman–Crippen MR) is 104 cm³/mol. The molecule has 7 heteroatoms. The van der Waals surface area contributed by atoms with E-state index in [1.165, 1.54) is 12.4 Å². The average molecular weight is 390 g/mol. The van der Waals surface area contributed by atoms with Gasteiger partial charge in [0.15, 0.2) is 5.82 Å². The van der Waals surface area contributed by atoms with Gasteiger partial charge in [-0.2, -0.15) is 0 Å². The minimum Gasteiger partial charge on any atom is -0.309 e. The number of nitrogens with one attached hydrogen (secondary N) is 1. The first kappa shape index (κ1) is 18.9. The normalized spacial score (nSPS) is 17.9. The predicted octanol–water partition coefficient (Wildman–Crippen LogP) is 4.33. The van der Waals surface area contributed by atoms with Gasteiger partial charge in [-0.3, -0.25) is 14.6 Å². The molecule has 1 saturated carbocycles. The van der Waals surface area contributed by atoms with Crippen molar-refractivity contribution in [3.05, 3.63) is 47.4 Å². The number of carbonyl (C=O) groups is 2. The highest BCUT2D eigenvalue weighted by molar-refractivity contribution is 7.98. The van der Waals surface area contributed by atoms with E-state index in [9.17, 15) is 9.59 Å². The number of nitrogens with zero attached hydrogens (tertiary/aromatic N) is 2. The number of ketones is 1. The van der Waals surface area contributed by atoms with E-state index in [4.69, 9.17) is 11.6 Å². The number of Topliss-reactive ketones (excluding diaryl/α,β-unsaturated/α-hetero) is 1. The molecule has 1 aliphatic carbocycles. The first-order chi connectivity index (χ1) is 12.6. The van der Waals surface area contributed by atoms with Crippen LogP contribution < -0.4 is 5.32 Å². The number of hydrogen-bond donors (Lipinski definition) is 1. The standard InChI is InChI=1S/C19H20ClN3O2S/c1-26-17-5-3-13(10-16(17)20)15(9-12-2-4-14(24)8-12)19(25)23-18-11-21-6-7-22-18/h3,5-7,10-12,15H,2,4,8-9H2,1H3,(H,22,23,25). The molecule has 1 heterocycles. The lowest BCUT2D eigenvalue weighted by molar-refractivity contribution is -0.119. The Labute approximate surface area is 162 Å². The van der Waals surface area contributed by atoms with Gasteiger partial charge in [-0.15, -0.1) is 11.8 Å². The van der Waals surface area contributed by atoms with Crippen molar-refractivity contribution in [1.29, 1.82) is 0 Å². The molecule has 1 aromatic heterocycles. The molecule has 2 atom stereocenters. The van der Waals surface area contributed by atoms with Crippen molar-refractivity contribution in [3.8, 4) is 0 Å². The lowest BCUT2D eigenvalue weighted by atomic mass is 9.87. The smallest absolute Gasteiger partial charge is 0.233 e. The summed E-state index contributed by atoms with van der Waals surface area (Å²) in [5.74, 6) is 0.369. The number of hydrogen-bond acceptors (Lipinski definition) is 5. The number of anilines is 1. The van der Waals surface area contributed by atoms with E-state index in [0.29, 0.717) is 30.1 Å². The van der Waals surface area contributed by atoms with Crippen LogP contribution in [0, 0.1) is 5.92 Å². The van der Waals surface area contributed by atoms with Crippen LogP contribution in [0.4, 0.5) is 5.82 Å². The Morgan fingerprint density at radius 1 is 1.42 bits per heavy atom. The Balaban J connectivity index is 1.84. The van der Waals surface area contributed by atoms with Gasteiger partial charge in [0.05, 0.1) is 17.1 Å². The maximum atomic E-state index is 12.9. The van der Waals surface area contributed by atoms with Crippen LogP contribution in [-0.4, -0.2) is 27.9 Å². The highest BCUT2D eigenvalue weighted by Crippen LogP contribution is 2.36. The molecule has 0 spiro atoms. The molecule has 3 rings (SSSR count). The number of benzene rings is 1. The van der Waals surface area contributed by atoms with Crippen molar-refractivity contribution in [2.75, 3.05) is 11.6 Å². The fraction of sp³-hybridized carbons (Fsp3) is 0.368. The van der Waals surface area contributed by atoms with Crippen LogP contribution in [0.15, 0.2) is 41.7 Å². The van der Waals surface area contributed by atoms with Gasteiger partial charge in [0.2, 0.25) is 5.91 Å². The van der Waals surface area contributed by atoms with Gasteiger partial charge in [-0.05, 0) is 42.7 Å². The average Bonchev–Trinajstić information content (AvgIpc) is 3.05. The molecule has 5 nitrogen and oxygen atoms in total. The molecule has 2 unspecified atom stereocenters. The summed E-state index contributed by atoms with van der Waals surface area (Å²) in [4.78, 5) is 33.6. The number of carbonyl (C=O) groups excluding carboxylic acids is 2. The van der Waals surface area contributed by atoms with Gasteiger partial charge in [0, 0.05) is 30.1 Å². The second-order valence-corrected chi connectivity index (χ2v) is 7.66. The summed E-state index contributed by atoms with van der Waals surface area (Å²) in [5, 5.41) is 3.46. The minimum atomic E-state index is -0.388. The lowest BCUT2D eigenvalue weighted by Gasteiger charge is -2.20. The van der Waals surface area contributed by atoms with E-state index in [1.54, 1.807) is 18.0 Å². The molecule has 0 bridgehead atoms. The fourth-order valence-corrected chi connectivity index (χ4v) is 4.18. The zero-order chi connectivity index (χ0) is 18.5. The van der Waals surface area contributed by atoms with Gasteiger partial charge >= 0.3 is 0 Å². The van der Waals surface area contributed by atoms with E-state index in [0.717, 1.165) is 16.9 Å². The van der Waals surface area contributed by atoms with Gasteiger partial charge in [0.1, 0.15) is 5.78 Å². The van der Waals surface area contributed by atoms with Crippen LogP contribution in [0.5, 0.6) is 0 Å². The number of thioether (sulfide) groups is 1. The van der Waals surface area contributed by atoms with E-state index in [1.807, 2.05) is 24.5 Å². The van der Waals surface area contributed by atoms with Crippen molar-refractivity contribution >= 4 is 40.9 Å². The lowest BCUT2D eigenvalue weighted by Crippen LogP contribution is -2.23. The maximum Gasteiger partial charge on any atom is 0.233 e. The second kappa shape index (κ2) is 8.64. The van der Waals surface area contributed by atoms with Crippen molar-refractivity contribution in [1.82, 2.24) is 9.97 Å². The quantitative estimate of drug-likeness (QED) is 0.744. The Hall–Kier alpha value is -1.92. The monoisotopic (exact) mass is 389 g/mol. The Kier molecular flexibility index (Phi) is 6.27. The van der Waals surface area contributed by atoms with Crippen molar-refractivity contribution in [3.63, 3.8) is 0 Å². The summed E-state index contributed by atoms with van der Waals surface area (Å²) in [5.41, 5.74) is 0.855. The largest absolute Gasteiger partial charge is 0.309 e. The van der Waals surface area contributed by atoms with Crippen LogP contribution in [0.1, 0.15) is 37.2 Å². The molecular formula is C19H20ClN3O2S. The van der Waals surface area contributed by atoms with Crippen LogP contribution in [0.3, 0.4) is 0 Å². The molecule has 1 aromatic carbocycles. The minimum absolute atomic E-state index is 0.155. The summed E-state index contributed by atoms with van der Waals surface area (Å²) in [7, 11) is 0. The highest BCUT2D eigenvalue weighted by atomic mass is 35.5. The Morgan fingerprint density at radius 3 is 2.88 bits per heavy atom. The van der Waals surface area contributed by atoms with Gasteiger partial charge in [-0.25, -0.2) is 4.98 Å². The van der Waals surface area contributed by atoms with Crippen LogP contribution in [0.2, 0.25) is 5.02 Å². The third kappa shape index (κ3) is 4.62. The molecule has 1 aliphatic rings. The van der Waals surface area contributed by atoms with E-state index < -0.39 is 0 Å². The fourth-order valence-electron chi connectivity index (χ4n) is 3.30.